The number of aliphatic hydroxyl groups excluding tert-OH is 1. The molecule has 0 aromatic heterocycles. The van der Waals surface area contributed by atoms with Gasteiger partial charge >= 0.3 is 0 Å². The van der Waals surface area contributed by atoms with Crippen LogP contribution < -0.4 is 0 Å². The number of benzene rings is 2. The number of carbonyl (C=O) groups excluding carboxylic acids is 1. The molecule has 22 heavy (non-hydrogen) atoms. The molecule has 0 saturated heterocycles. The third-order valence-corrected chi connectivity index (χ3v) is 4.20. The number of rotatable bonds is 2. The van der Waals surface area contributed by atoms with E-state index in [9.17, 15) is 9.90 Å². The predicted octanol–water partition coefficient (Wildman–Crippen LogP) is 4.06. The van der Waals surface area contributed by atoms with E-state index in [1.807, 2.05) is 6.07 Å². The van der Waals surface area contributed by atoms with Crippen molar-refractivity contribution in [2.45, 2.75) is 32.6 Å². The van der Waals surface area contributed by atoms with E-state index >= 15 is 0 Å². The highest BCUT2D eigenvalue weighted by molar-refractivity contribution is 5.93. The van der Waals surface area contributed by atoms with Crippen LogP contribution in [0.25, 0.3) is 5.76 Å². The SMILES string of the molecule is CC(=O)C=C(O)c1cc2ccc1CCc1ccc(cc1)CC2. The molecule has 0 aliphatic heterocycles. The number of allylic oxidation sites excluding steroid dienone is 1. The van der Waals surface area contributed by atoms with Gasteiger partial charge in [0.25, 0.3) is 0 Å². The van der Waals surface area contributed by atoms with Crippen LogP contribution in [0, 0.1) is 0 Å². The summed E-state index contributed by atoms with van der Waals surface area (Å²) in [5.74, 6) is -0.0554. The predicted molar refractivity (Wildman–Crippen MR) is 89.0 cm³/mol. The Balaban J connectivity index is 2.02. The van der Waals surface area contributed by atoms with Crippen LogP contribution in [0.2, 0.25) is 0 Å². The van der Waals surface area contributed by atoms with Crippen LogP contribution in [0.5, 0.6) is 0 Å². The van der Waals surface area contributed by atoms with Gasteiger partial charge < -0.3 is 5.11 Å². The molecule has 0 fully saturated rings. The topological polar surface area (TPSA) is 37.3 Å². The molecule has 0 saturated carbocycles. The lowest BCUT2D eigenvalue weighted by molar-refractivity contribution is -0.112. The van der Waals surface area contributed by atoms with Gasteiger partial charge in [-0.1, -0.05) is 36.4 Å². The van der Waals surface area contributed by atoms with Crippen LogP contribution in [-0.4, -0.2) is 10.9 Å². The summed E-state index contributed by atoms with van der Waals surface area (Å²) in [6.45, 7) is 1.46. The quantitative estimate of drug-likeness (QED) is 0.669. The minimum Gasteiger partial charge on any atom is -0.507 e. The zero-order valence-electron chi connectivity index (χ0n) is 12.8. The summed E-state index contributed by atoms with van der Waals surface area (Å²) >= 11 is 0. The Labute approximate surface area is 131 Å². The smallest absolute Gasteiger partial charge is 0.156 e. The van der Waals surface area contributed by atoms with Crippen LogP contribution in [0.4, 0.5) is 0 Å². The molecule has 2 aromatic rings. The highest BCUT2D eigenvalue weighted by atomic mass is 16.3. The number of carbonyl (C=O) groups is 1. The molecule has 1 N–H and O–H groups in total. The zero-order chi connectivity index (χ0) is 15.5. The summed E-state index contributed by atoms with van der Waals surface area (Å²) in [6, 6.07) is 15.0. The summed E-state index contributed by atoms with van der Waals surface area (Å²) in [7, 11) is 0. The second-order valence-corrected chi connectivity index (χ2v) is 5.95. The maximum absolute atomic E-state index is 11.3. The van der Waals surface area contributed by atoms with E-state index in [4.69, 9.17) is 0 Å². The lowest BCUT2D eigenvalue weighted by Gasteiger charge is -2.14. The van der Waals surface area contributed by atoms with Gasteiger partial charge in [-0.3, -0.25) is 4.79 Å². The van der Waals surface area contributed by atoms with E-state index in [2.05, 4.69) is 36.4 Å². The Morgan fingerprint density at radius 2 is 1.45 bits per heavy atom. The lowest BCUT2D eigenvalue weighted by Crippen LogP contribution is -2.02. The standard InChI is InChI=1S/C20H20O2/c1-14(21)12-20(22)19-13-17-7-6-15-2-4-16(5-3-15)8-10-18(19)11-9-17/h2-5,9,11-13,22H,6-8,10H2,1H3. The highest BCUT2D eigenvalue weighted by Gasteiger charge is 2.11. The van der Waals surface area contributed by atoms with E-state index in [0.29, 0.717) is 0 Å². The van der Waals surface area contributed by atoms with Crippen molar-refractivity contribution in [2.24, 2.45) is 0 Å². The first kappa shape index (κ1) is 14.6. The van der Waals surface area contributed by atoms with Crippen LogP contribution in [0.3, 0.4) is 0 Å². The summed E-state index contributed by atoms with van der Waals surface area (Å²) in [6.07, 6.45) is 5.00. The number of hydrogen-bond acceptors (Lipinski definition) is 2. The van der Waals surface area contributed by atoms with Crippen molar-refractivity contribution in [1.82, 2.24) is 0 Å². The average molecular weight is 292 g/mol. The first-order valence-electron chi connectivity index (χ1n) is 7.73. The van der Waals surface area contributed by atoms with E-state index < -0.39 is 0 Å². The maximum atomic E-state index is 11.3. The Kier molecular flexibility index (Phi) is 4.10. The Bertz CT molecular complexity index is 724. The van der Waals surface area contributed by atoms with Crippen molar-refractivity contribution in [1.29, 1.82) is 0 Å². The maximum Gasteiger partial charge on any atom is 0.156 e. The number of ketones is 1. The molecule has 0 unspecified atom stereocenters. The van der Waals surface area contributed by atoms with Crippen molar-refractivity contribution in [3.05, 3.63) is 76.4 Å². The summed E-state index contributed by atoms with van der Waals surface area (Å²) in [5.41, 5.74) is 5.70. The van der Waals surface area contributed by atoms with Crippen LogP contribution in [0.15, 0.2) is 48.5 Å². The van der Waals surface area contributed by atoms with Gasteiger partial charge in [0.15, 0.2) is 5.78 Å². The molecule has 2 heteroatoms. The third kappa shape index (κ3) is 3.28. The van der Waals surface area contributed by atoms with Crippen molar-refractivity contribution >= 4 is 11.5 Å². The largest absolute Gasteiger partial charge is 0.507 e. The average Bonchev–Trinajstić information content (AvgIpc) is 2.49. The normalized spacial score (nSPS) is 14.5. The van der Waals surface area contributed by atoms with Gasteiger partial charge in [-0.05, 0) is 60.9 Å². The molecule has 4 aliphatic rings. The molecule has 2 aromatic carbocycles. The molecule has 4 bridgehead atoms. The molecule has 4 aliphatic carbocycles. The van der Waals surface area contributed by atoms with Gasteiger partial charge in [0, 0.05) is 11.6 Å². The zero-order valence-corrected chi connectivity index (χ0v) is 12.8. The van der Waals surface area contributed by atoms with E-state index in [1.165, 1.54) is 29.7 Å². The first-order chi connectivity index (χ1) is 10.6. The number of aliphatic hydroxyl groups is 1. The molecule has 112 valence electrons. The minimum atomic E-state index is -0.134. The molecule has 0 spiro atoms. The monoisotopic (exact) mass is 292 g/mol. The number of aryl methyl sites for hydroxylation is 4. The molecule has 6 rings (SSSR count). The molecule has 0 radical (unpaired) electrons. The van der Waals surface area contributed by atoms with E-state index in [-0.39, 0.29) is 11.5 Å². The van der Waals surface area contributed by atoms with E-state index in [0.717, 1.165) is 36.8 Å². The lowest BCUT2D eigenvalue weighted by atomic mass is 9.92. The van der Waals surface area contributed by atoms with E-state index in [1.54, 1.807) is 0 Å². The fourth-order valence-corrected chi connectivity index (χ4v) is 2.95. The second-order valence-electron chi connectivity index (χ2n) is 5.95. The van der Waals surface area contributed by atoms with Crippen molar-refractivity contribution < 1.29 is 9.90 Å². The van der Waals surface area contributed by atoms with Gasteiger partial charge in [0.1, 0.15) is 5.76 Å². The molecular weight excluding hydrogens is 272 g/mol. The van der Waals surface area contributed by atoms with Crippen LogP contribution in [0.1, 0.15) is 34.7 Å². The summed E-state index contributed by atoms with van der Waals surface area (Å²) < 4.78 is 0. The third-order valence-electron chi connectivity index (χ3n) is 4.20. The number of hydrogen-bond donors (Lipinski definition) is 1. The molecule has 2 nitrogen and oxygen atoms in total. The summed E-state index contributed by atoms with van der Waals surface area (Å²) in [5, 5.41) is 10.3. The van der Waals surface area contributed by atoms with Gasteiger partial charge in [0.2, 0.25) is 0 Å². The highest BCUT2D eigenvalue weighted by Crippen LogP contribution is 2.23. The van der Waals surface area contributed by atoms with Gasteiger partial charge in [-0.2, -0.15) is 0 Å². The Morgan fingerprint density at radius 1 is 0.909 bits per heavy atom. The molecular formula is C20H20O2. The van der Waals surface area contributed by atoms with Gasteiger partial charge in [0.05, 0.1) is 0 Å². The Hall–Kier alpha value is -2.35. The first-order valence-corrected chi connectivity index (χ1v) is 7.73. The fourth-order valence-electron chi connectivity index (χ4n) is 2.95. The fraction of sp³-hybridized carbons (Fsp3) is 0.250. The Morgan fingerprint density at radius 3 is 2.09 bits per heavy atom. The van der Waals surface area contributed by atoms with Crippen molar-refractivity contribution in [3.63, 3.8) is 0 Å². The second kappa shape index (κ2) is 6.18. The van der Waals surface area contributed by atoms with Gasteiger partial charge in [-0.15, -0.1) is 0 Å². The molecule has 0 heterocycles. The van der Waals surface area contributed by atoms with Gasteiger partial charge in [-0.25, -0.2) is 0 Å². The molecule has 0 amide bonds. The van der Waals surface area contributed by atoms with Crippen LogP contribution in [-0.2, 0) is 30.5 Å². The van der Waals surface area contributed by atoms with Crippen molar-refractivity contribution in [3.8, 4) is 0 Å². The van der Waals surface area contributed by atoms with Crippen LogP contribution >= 0.6 is 0 Å². The molecule has 0 atom stereocenters. The van der Waals surface area contributed by atoms with Crippen molar-refractivity contribution in [2.75, 3.05) is 0 Å². The minimum absolute atomic E-state index is 0.0790. The summed E-state index contributed by atoms with van der Waals surface area (Å²) in [4.78, 5) is 11.3.